The van der Waals surface area contributed by atoms with Gasteiger partial charge in [0.2, 0.25) is 0 Å². The predicted molar refractivity (Wildman–Crippen MR) is 112 cm³/mol. The Bertz CT molecular complexity index is 1010. The first-order valence-corrected chi connectivity index (χ1v) is 10.8. The highest BCUT2D eigenvalue weighted by Gasteiger charge is 2.22. The number of rotatable bonds is 8. The van der Waals surface area contributed by atoms with Gasteiger partial charge in [0.05, 0.1) is 16.3 Å². The monoisotopic (exact) mass is 458 g/mol. The van der Waals surface area contributed by atoms with Crippen molar-refractivity contribution in [2.75, 3.05) is 17.9 Å². The maximum Gasteiger partial charge on any atom is 0.340 e. The lowest BCUT2D eigenvalue weighted by molar-refractivity contribution is -0.124. The van der Waals surface area contributed by atoms with Gasteiger partial charge in [-0.15, -0.1) is 0 Å². The molecule has 10 heteroatoms. The van der Waals surface area contributed by atoms with Gasteiger partial charge in [-0.1, -0.05) is 49.2 Å². The fraction of sp³-hybridized carbons (Fsp3) is 0.263. The Morgan fingerprint density at radius 2 is 1.79 bits per heavy atom. The highest BCUT2D eigenvalue weighted by Crippen LogP contribution is 2.28. The van der Waals surface area contributed by atoms with E-state index in [4.69, 9.17) is 27.9 Å². The quantitative estimate of drug-likeness (QED) is 0.586. The number of ether oxygens (including phenoxy) is 1. The van der Waals surface area contributed by atoms with Crippen LogP contribution >= 0.6 is 23.2 Å². The lowest BCUT2D eigenvalue weighted by Crippen LogP contribution is -2.31. The van der Waals surface area contributed by atoms with Gasteiger partial charge in [0.1, 0.15) is 4.90 Å². The molecule has 0 heterocycles. The third kappa shape index (κ3) is 6.62. The minimum atomic E-state index is -4.13. The Morgan fingerprint density at radius 3 is 2.48 bits per heavy atom. The molecule has 2 aromatic carbocycles. The van der Waals surface area contributed by atoms with Crippen molar-refractivity contribution < 1.29 is 22.7 Å². The van der Waals surface area contributed by atoms with Gasteiger partial charge < -0.3 is 10.1 Å². The highest BCUT2D eigenvalue weighted by atomic mass is 35.5. The second-order valence-electron chi connectivity index (χ2n) is 6.50. The summed E-state index contributed by atoms with van der Waals surface area (Å²) in [6, 6.07) is 9.87. The van der Waals surface area contributed by atoms with Gasteiger partial charge in [-0.25, -0.2) is 13.2 Å². The fourth-order valence-electron chi connectivity index (χ4n) is 2.21. The van der Waals surface area contributed by atoms with E-state index in [9.17, 15) is 18.0 Å². The SMILES string of the molecule is CC(C)CNC(=O)COC(=O)c1ccccc1NS(=O)(=O)c1cc(Cl)ccc1Cl. The minimum absolute atomic E-state index is 0.0175. The Morgan fingerprint density at radius 1 is 1.10 bits per heavy atom. The van der Waals surface area contributed by atoms with Gasteiger partial charge >= 0.3 is 5.97 Å². The molecule has 1 amide bonds. The van der Waals surface area contributed by atoms with E-state index in [-0.39, 0.29) is 32.1 Å². The fourth-order valence-corrected chi connectivity index (χ4v) is 4.05. The molecule has 2 N–H and O–H groups in total. The maximum absolute atomic E-state index is 12.7. The molecule has 0 aliphatic rings. The summed E-state index contributed by atoms with van der Waals surface area (Å²) < 4.78 is 32.7. The van der Waals surface area contributed by atoms with Crippen LogP contribution in [0.15, 0.2) is 47.4 Å². The lowest BCUT2D eigenvalue weighted by atomic mass is 10.2. The molecule has 0 aromatic heterocycles. The number of sulfonamides is 1. The molecule has 0 aliphatic carbocycles. The van der Waals surface area contributed by atoms with Crippen molar-refractivity contribution in [2.24, 2.45) is 5.92 Å². The molecule has 0 atom stereocenters. The normalized spacial score (nSPS) is 11.2. The number of carbonyl (C=O) groups excluding carboxylic acids is 2. The van der Waals surface area contributed by atoms with E-state index in [0.29, 0.717) is 6.54 Å². The molecule has 0 aliphatic heterocycles. The van der Waals surface area contributed by atoms with Gasteiger partial charge in [-0.05, 0) is 36.2 Å². The van der Waals surface area contributed by atoms with Crippen molar-refractivity contribution in [3.05, 3.63) is 58.1 Å². The van der Waals surface area contributed by atoms with Crippen LogP contribution < -0.4 is 10.0 Å². The van der Waals surface area contributed by atoms with Crippen LogP contribution in [0, 0.1) is 5.92 Å². The van der Waals surface area contributed by atoms with Crippen LogP contribution in [-0.4, -0.2) is 33.4 Å². The van der Waals surface area contributed by atoms with Crippen LogP contribution in [0.5, 0.6) is 0 Å². The van der Waals surface area contributed by atoms with Gasteiger partial charge in [0.25, 0.3) is 15.9 Å². The van der Waals surface area contributed by atoms with Crippen LogP contribution in [0.2, 0.25) is 10.0 Å². The highest BCUT2D eigenvalue weighted by molar-refractivity contribution is 7.92. The second kappa shape index (κ2) is 9.96. The van der Waals surface area contributed by atoms with Crippen LogP contribution in [0.4, 0.5) is 5.69 Å². The number of anilines is 1. The van der Waals surface area contributed by atoms with Crippen LogP contribution in [0.1, 0.15) is 24.2 Å². The maximum atomic E-state index is 12.7. The molecule has 0 radical (unpaired) electrons. The molecule has 0 bridgehead atoms. The minimum Gasteiger partial charge on any atom is -0.452 e. The number of halogens is 2. The first-order chi connectivity index (χ1) is 13.6. The molecular formula is C19H20Cl2N2O5S. The van der Waals surface area contributed by atoms with Crippen molar-refractivity contribution in [3.63, 3.8) is 0 Å². The number of carbonyl (C=O) groups is 2. The number of amides is 1. The van der Waals surface area contributed by atoms with E-state index in [1.807, 2.05) is 13.8 Å². The number of hydrogen-bond acceptors (Lipinski definition) is 5. The topological polar surface area (TPSA) is 102 Å². The lowest BCUT2D eigenvalue weighted by Gasteiger charge is -2.13. The average Bonchev–Trinajstić information content (AvgIpc) is 2.66. The van der Waals surface area contributed by atoms with E-state index < -0.39 is 28.5 Å². The Hall–Kier alpha value is -2.29. The van der Waals surface area contributed by atoms with Gasteiger partial charge in [0.15, 0.2) is 6.61 Å². The third-order valence-electron chi connectivity index (χ3n) is 3.62. The number of benzene rings is 2. The van der Waals surface area contributed by atoms with Crippen LogP contribution in [0.3, 0.4) is 0 Å². The summed E-state index contributed by atoms with van der Waals surface area (Å²) in [5.41, 5.74) is -0.0676. The van der Waals surface area contributed by atoms with Crippen molar-refractivity contribution in [1.82, 2.24) is 5.32 Å². The Kier molecular flexibility index (Phi) is 7.89. The molecule has 0 unspecified atom stereocenters. The smallest absolute Gasteiger partial charge is 0.340 e. The summed E-state index contributed by atoms with van der Waals surface area (Å²) >= 11 is 11.8. The van der Waals surface area contributed by atoms with Crippen molar-refractivity contribution >= 4 is 50.8 Å². The number of hydrogen-bond donors (Lipinski definition) is 2. The number of esters is 1. The summed E-state index contributed by atoms with van der Waals surface area (Å²) in [6.45, 7) is 3.83. The zero-order valence-electron chi connectivity index (χ0n) is 15.7. The van der Waals surface area contributed by atoms with Crippen molar-refractivity contribution in [1.29, 1.82) is 0 Å². The van der Waals surface area contributed by atoms with E-state index in [1.165, 1.54) is 30.3 Å². The van der Waals surface area contributed by atoms with E-state index in [0.717, 1.165) is 0 Å². The van der Waals surface area contributed by atoms with Gasteiger partial charge in [-0.2, -0.15) is 0 Å². The molecule has 0 spiro atoms. The molecule has 0 saturated carbocycles. The molecule has 156 valence electrons. The Balaban J connectivity index is 2.17. The zero-order chi connectivity index (χ0) is 21.6. The molecular weight excluding hydrogens is 439 g/mol. The van der Waals surface area contributed by atoms with Crippen molar-refractivity contribution in [2.45, 2.75) is 18.7 Å². The summed E-state index contributed by atoms with van der Waals surface area (Å²) in [4.78, 5) is 23.9. The van der Waals surface area contributed by atoms with E-state index in [2.05, 4.69) is 10.0 Å². The van der Waals surface area contributed by atoms with Gasteiger partial charge in [0, 0.05) is 11.6 Å². The predicted octanol–water partition coefficient (Wildman–Crippen LogP) is 3.72. The molecule has 29 heavy (non-hydrogen) atoms. The first-order valence-electron chi connectivity index (χ1n) is 8.61. The average molecular weight is 459 g/mol. The van der Waals surface area contributed by atoms with E-state index in [1.54, 1.807) is 12.1 Å². The second-order valence-corrected chi connectivity index (χ2v) is 8.99. The molecule has 0 fully saturated rings. The summed E-state index contributed by atoms with van der Waals surface area (Å²) in [5.74, 6) is -1.04. The van der Waals surface area contributed by atoms with Crippen LogP contribution in [0.25, 0.3) is 0 Å². The standard InChI is InChI=1S/C19H20Cl2N2O5S/c1-12(2)10-22-18(24)11-28-19(25)14-5-3-4-6-16(14)23-29(26,27)17-9-13(20)7-8-15(17)21/h3-9,12,23H,10-11H2,1-2H3,(H,22,24). The van der Waals surface area contributed by atoms with Gasteiger partial charge in [-0.3, -0.25) is 9.52 Å². The van der Waals surface area contributed by atoms with Crippen LogP contribution in [-0.2, 0) is 19.6 Å². The summed E-state index contributed by atoms with van der Waals surface area (Å²) in [5, 5.41) is 2.79. The third-order valence-corrected chi connectivity index (χ3v) is 5.70. The zero-order valence-corrected chi connectivity index (χ0v) is 18.1. The largest absolute Gasteiger partial charge is 0.452 e. The summed E-state index contributed by atoms with van der Waals surface area (Å²) in [7, 11) is -4.13. The number of nitrogens with one attached hydrogen (secondary N) is 2. The molecule has 0 saturated heterocycles. The summed E-state index contributed by atoms with van der Waals surface area (Å²) in [6.07, 6.45) is 0. The molecule has 2 rings (SSSR count). The van der Waals surface area contributed by atoms with Crippen molar-refractivity contribution in [3.8, 4) is 0 Å². The van der Waals surface area contributed by atoms with E-state index >= 15 is 0 Å². The molecule has 2 aromatic rings. The Labute approximate surface area is 179 Å². The molecule has 7 nitrogen and oxygen atoms in total. The number of para-hydroxylation sites is 1. The first kappa shape index (κ1) is 23.0.